The van der Waals surface area contributed by atoms with E-state index in [4.69, 9.17) is 9.47 Å². The van der Waals surface area contributed by atoms with E-state index in [1.807, 2.05) is 78.8 Å². The summed E-state index contributed by atoms with van der Waals surface area (Å²) in [7, 11) is 3.21. The molecule has 9 nitrogen and oxygen atoms in total. The number of benzene rings is 1. The minimum absolute atomic E-state index is 0.0299. The highest BCUT2D eigenvalue weighted by molar-refractivity contribution is 5.93. The Morgan fingerprint density at radius 3 is 1.88 bits per heavy atom. The highest BCUT2D eigenvalue weighted by Crippen LogP contribution is 2.32. The molecule has 0 aliphatic rings. The summed E-state index contributed by atoms with van der Waals surface area (Å²) in [5.74, 6) is -1.27. The van der Waals surface area contributed by atoms with Gasteiger partial charge in [-0.2, -0.15) is 0 Å². The molecule has 0 radical (unpaired) electrons. The molecule has 0 aliphatic carbocycles. The summed E-state index contributed by atoms with van der Waals surface area (Å²) in [5.41, 5.74) is -1.06. The lowest BCUT2D eigenvalue weighted by Gasteiger charge is -2.42. The van der Waals surface area contributed by atoms with Crippen molar-refractivity contribution in [2.75, 3.05) is 20.7 Å². The van der Waals surface area contributed by atoms with Crippen molar-refractivity contribution in [2.24, 2.45) is 11.3 Å². The van der Waals surface area contributed by atoms with E-state index in [-0.39, 0.29) is 18.4 Å². The SMILES string of the molecule is CCOC(=O)/C(C)=C\[C@H](C(C)C)N(C)C(=O)[C@@H](NC(=O)[C@@H](N(C)C(=O)OC(C)(C)C)C(C)(C)c1ccccc1)C(C)(C)C. The fourth-order valence-corrected chi connectivity index (χ4v) is 4.99. The Bertz CT molecular complexity index is 1140. The van der Waals surface area contributed by atoms with Gasteiger partial charge in [-0.25, -0.2) is 9.59 Å². The van der Waals surface area contributed by atoms with Crippen LogP contribution in [0.4, 0.5) is 4.79 Å². The molecule has 0 fully saturated rings. The van der Waals surface area contributed by atoms with Crippen LogP contribution in [0.25, 0.3) is 0 Å². The van der Waals surface area contributed by atoms with Crippen molar-refractivity contribution < 1.29 is 28.7 Å². The molecule has 0 saturated heterocycles. The molecular weight excluding hydrogens is 546 g/mol. The van der Waals surface area contributed by atoms with Crippen LogP contribution in [0.15, 0.2) is 42.0 Å². The number of hydrogen-bond acceptors (Lipinski definition) is 6. The standard InChI is InChI=1S/C34H55N3O6/c1-15-42-30(40)23(4)21-25(22(2)3)36(13)29(39)26(32(5,6)7)35-28(38)27(37(14)31(41)43-33(8,9)10)34(11,12)24-19-17-16-18-20-24/h16-22,25-27H,15H2,1-14H3,(H,35,38)/b23-21-/t25-,26-,27-/m1/s1. The average molecular weight is 602 g/mol. The van der Waals surface area contributed by atoms with E-state index in [1.54, 1.807) is 59.7 Å². The fraction of sp³-hybridized carbons (Fsp3) is 0.647. The summed E-state index contributed by atoms with van der Waals surface area (Å²) in [6.45, 7) is 22.3. The molecule has 9 heteroatoms. The summed E-state index contributed by atoms with van der Waals surface area (Å²) < 4.78 is 10.8. The van der Waals surface area contributed by atoms with Crippen LogP contribution in [0.2, 0.25) is 0 Å². The molecule has 1 aromatic carbocycles. The normalized spacial score (nSPS) is 14.8. The third-order valence-corrected chi connectivity index (χ3v) is 7.41. The van der Waals surface area contributed by atoms with E-state index >= 15 is 0 Å². The van der Waals surface area contributed by atoms with Crippen molar-refractivity contribution in [3.8, 4) is 0 Å². The maximum atomic E-state index is 14.3. The Hall–Kier alpha value is -3.36. The highest BCUT2D eigenvalue weighted by Gasteiger charge is 2.45. The predicted octanol–water partition coefficient (Wildman–Crippen LogP) is 5.72. The lowest BCUT2D eigenvalue weighted by Crippen LogP contribution is -2.63. The third kappa shape index (κ3) is 10.4. The van der Waals surface area contributed by atoms with E-state index in [9.17, 15) is 19.2 Å². The largest absolute Gasteiger partial charge is 0.463 e. The van der Waals surface area contributed by atoms with Crippen LogP contribution in [-0.4, -0.2) is 78.1 Å². The zero-order chi connectivity index (χ0) is 33.5. The van der Waals surface area contributed by atoms with E-state index in [0.717, 1.165) is 5.56 Å². The average Bonchev–Trinajstić information content (AvgIpc) is 2.88. The minimum Gasteiger partial charge on any atom is -0.463 e. The zero-order valence-corrected chi connectivity index (χ0v) is 28.8. The highest BCUT2D eigenvalue weighted by atomic mass is 16.6. The molecular formula is C34H55N3O6. The second kappa shape index (κ2) is 14.9. The Kier molecular flexibility index (Phi) is 13.0. The van der Waals surface area contributed by atoms with Gasteiger partial charge in [-0.05, 0) is 51.5 Å². The second-order valence-corrected chi connectivity index (χ2v) is 14.1. The maximum Gasteiger partial charge on any atom is 0.410 e. The molecule has 0 bridgehead atoms. The van der Waals surface area contributed by atoms with E-state index in [0.29, 0.717) is 5.57 Å². The first-order valence-electron chi connectivity index (χ1n) is 15.0. The molecule has 242 valence electrons. The lowest BCUT2D eigenvalue weighted by molar-refractivity contribution is -0.142. The molecule has 1 rings (SSSR count). The van der Waals surface area contributed by atoms with Crippen molar-refractivity contribution in [2.45, 2.75) is 112 Å². The lowest BCUT2D eigenvalue weighted by atomic mass is 9.76. The number of amides is 3. The van der Waals surface area contributed by atoms with Gasteiger partial charge in [-0.15, -0.1) is 0 Å². The first-order chi connectivity index (χ1) is 19.6. The summed E-state index contributed by atoms with van der Waals surface area (Å²) in [6, 6.07) is 7.09. The van der Waals surface area contributed by atoms with Crippen LogP contribution in [0.1, 0.15) is 88.6 Å². The van der Waals surface area contributed by atoms with Gasteiger partial charge in [0, 0.05) is 25.1 Å². The number of esters is 1. The molecule has 0 aliphatic heterocycles. The third-order valence-electron chi connectivity index (χ3n) is 7.41. The van der Waals surface area contributed by atoms with Gasteiger partial charge in [-0.3, -0.25) is 14.5 Å². The molecule has 0 spiro atoms. The van der Waals surface area contributed by atoms with Gasteiger partial charge < -0.3 is 19.7 Å². The predicted molar refractivity (Wildman–Crippen MR) is 170 cm³/mol. The van der Waals surface area contributed by atoms with Gasteiger partial charge >= 0.3 is 12.1 Å². The first-order valence-corrected chi connectivity index (χ1v) is 15.0. The molecule has 3 atom stereocenters. The number of ether oxygens (including phenoxy) is 2. The number of rotatable bonds is 11. The van der Waals surface area contributed by atoms with E-state index < -0.39 is 52.5 Å². The van der Waals surface area contributed by atoms with E-state index in [1.165, 1.54) is 4.90 Å². The van der Waals surface area contributed by atoms with Crippen molar-refractivity contribution in [1.82, 2.24) is 15.1 Å². The smallest absolute Gasteiger partial charge is 0.410 e. The Balaban J connectivity index is 3.58. The van der Waals surface area contributed by atoms with Gasteiger partial charge in [-0.1, -0.05) is 84.9 Å². The molecule has 0 aromatic heterocycles. The first kappa shape index (κ1) is 37.7. The summed E-state index contributed by atoms with van der Waals surface area (Å²) in [4.78, 5) is 56.9. The van der Waals surface area contributed by atoms with Crippen LogP contribution in [0, 0.1) is 11.3 Å². The van der Waals surface area contributed by atoms with Crippen LogP contribution >= 0.6 is 0 Å². The van der Waals surface area contributed by atoms with Crippen LogP contribution in [0.5, 0.6) is 0 Å². The van der Waals surface area contributed by atoms with Crippen molar-refractivity contribution in [1.29, 1.82) is 0 Å². The zero-order valence-electron chi connectivity index (χ0n) is 28.8. The summed E-state index contributed by atoms with van der Waals surface area (Å²) >= 11 is 0. The monoisotopic (exact) mass is 601 g/mol. The Labute approximate surface area is 259 Å². The number of nitrogens with one attached hydrogen (secondary N) is 1. The van der Waals surface area contributed by atoms with Crippen LogP contribution < -0.4 is 5.32 Å². The summed E-state index contributed by atoms with van der Waals surface area (Å²) in [6.07, 6.45) is 1.09. The Morgan fingerprint density at radius 2 is 1.44 bits per heavy atom. The van der Waals surface area contributed by atoms with Crippen molar-refractivity contribution >= 4 is 23.9 Å². The molecule has 1 N–H and O–H groups in total. The molecule has 3 amide bonds. The molecule has 43 heavy (non-hydrogen) atoms. The number of likely N-dealkylation sites (N-methyl/N-ethyl adjacent to an activating group) is 2. The van der Waals surface area contributed by atoms with Gasteiger partial charge in [0.1, 0.15) is 17.7 Å². The number of carbonyl (C=O) groups excluding carboxylic acids is 4. The molecule has 0 unspecified atom stereocenters. The topological polar surface area (TPSA) is 105 Å². The minimum atomic E-state index is -1.01. The molecule has 0 heterocycles. The molecule has 1 aromatic rings. The van der Waals surface area contributed by atoms with Crippen LogP contribution in [-0.2, 0) is 29.3 Å². The number of carbonyl (C=O) groups is 4. The molecule has 0 saturated carbocycles. The number of hydrogen-bond donors (Lipinski definition) is 1. The van der Waals surface area contributed by atoms with Gasteiger partial charge in [0.25, 0.3) is 0 Å². The summed E-state index contributed by atoms with van der Waals surface area (Å²) in [5, 5.41) is 3.01. The second-order valence-electron chi connectivity index (χ2n) is 14.1. The quantitative estimate of drug-likeness (QED) is 0.257. The van der Waals surface area contributed by atoms with Gasteiger partial charge in [0.15, 0.2) is 0 Å². The Morgan fingerprint density at radius 1 is 0.907 bits per heavy atom. The van der Waals surface area contributed by atoms with Gasteiger partial charge in [0.2, 0.25) is 11.8 Å². The van der Waals surface area contributed by atoms with Crippen molar-refractivity contribution in [3.05, 3.63) is 47.5 Å². The number of nitrogens with zero attached hydrogens (tertiary/aromatic N) is 2. The fourth-order valence-electron chi connectivity index (χ4n) is 4.99. The maximum absolute atomic E-state index is 14.3. The van der Waals surface area contributed by atoms with Gasteiger partial charge in [0.05, 0.1) is 12.6 Å². The van der Waals surface area contributed by atoms with Crippen molar-refractivity contribution in [3.63, 3.8) is 0 Å². The van der Waals surface area contributed by atoms with Crippen LogP contribution in [0.3, 0.4) is 0 Å². The van der Waals surface area contributed by atoms with E-state index in [2.05, 4.69) is 5.32 Å².